The predicted molar refractivity (Wildman–Crippen MR) is 94.5 cm³/mol. The highest BCUT2D eigenvalue weighted by molar-refractivity contribution is 5.78. The highest BCUT2D eigenvalue weighted by atomic mass is 16.3. The number of aromatic nitrogens is 3. The Balaban J connectivity index is 1.76. The fourth-order valence-corrected chi connectivity index (χ4v) is 2.69. The van der Waals surface area contributed by atoms with Gasteiger partial charge in [-0.25, -0.2) is 9.50 Å². The number of fused-ring (bicyclic) bond motifs is 1. The number of nitrogens with one attached hydrogen (secondary N) is 1. The topological polar surface area (TPSA) is 62.5 Å². The summed E-state index contributed by atoms with van der Waals surface area (Å²) in [6, 6.07) is 17.1. The van der Waals surface area contributed by atoms with Gasteiger partial charge in [-0.3, -0.25) is 0 Å². The molecule has 0 bridgehead atoms. The molecule has 2 aromatic heterocycles. The smallest absolute Gasteiger partial charge is 0.165 e. The molecule has 4 rings (SSSR count). The molecule has 0 saturated heterocycles. The van der Waals surface area contributed by atoms with Gasteiger partial charge in [-0.15, -0.1) is 0 Å². The van der Waals surface area contributed by atoms with Crippen LogP contribution in [0.5, 0.6) is 5.75 Å². The Morgan fingerprint density at radius 2 is 1.92 bits per heavy atom. The van der Waals surface area contributed by atoms with Crippen LogP contribution in [0.3, 0.4) is 0 Å². The lowest BCUT2D eigenvalue weighted by atomic mass is 10.1. The minimum atomic E-state index is 0.214. The summed E-state index contributed by atoms with van der Waals surface area (Å²) in [6.45, 7) is 2.07. The number of phenols is 1. The Kier molecular flexibility index (Phi) is 3.39. The number of hydrogen-bond acceptors (Lipinski definition) is 4. The largest absolute Gasteiger partial charge is 0.508 e. The Hall–Kier alpha value is -3.34. The van der Waals surface area contributed by atoms with Crippen LogP contribution in [0.1, 0.15) is 5.56 Å². The zero-order chi connectivity index (χ0) is 16.5. The number of rotatable bonds is 3. The lowest BCUT2D eigenvalue weighted by molar-refractivity contribution is 0.475. The first-order chi connectivity index (χ1) is 11.7. The summed E-state index contributed by atoms with van der Waals surface area (Å²) in [4.78, 5) is 4.67. The Bertz CT molecular complexity index is 1020. The molecule has 0 aliphatic heterocycles. The molecule has 0 saturated carbocycles. The van der Waals surface area contributed by atoms with Gasteiger partial charge in [0.15, 0.2) is 5.65 Å². The van der Waals surface area contributed by atoms with Gasteiger partial charge in [-0.1, -0.05) is 35.9 Å². The maximum absolute atomic E-state index is 9.57. The molecular weight excluding hydrogens is 300 g/mol. The molecule has 118 valence electrons. The van der Waals surface area contributed by atoms with Crippen molar-refractivity contribution in [2.24, 2.45) is 0 Å². The molecule has 0 aliphatic rings. The van der Waals surface area contributed by atoms with Crippen LogP contribution in [0.2, 0.25) is 0 Å². The summed E-state index contributed by atoms with van der Waals surface area (Å²) >= 11 is 0. The average Bonchev–Trinajstić information content (AvgIpc) is 2.98. The fraction of sp³-hybridized carbons (Fsp3) is 0.0526. The maximum Gasteiger partial charge on any atom is 0.165 e. The van der Waals surface area contributed by atoms with Gasteiger partial charge in [0.1, 0.15) is 11.6 Å². The number of aromatic hydroxyl groups is 1. The van der Waals surface area contributed by atoms with E-state index in [1.165, 1.54) is 5.56 Å². The standard InChI is InChI=1S/C19H16N4O/c1-13-4-2-5-14(10-13)17-12-20-23-9-8-18(22-19(17)23)21-15-6-3-7-16(24)11-15/h2-12,24H,1H3,(H,21,22). The van der Waals surface area contributed by atoms with Gasteiger partial charge in [0.05, 0.1) is 6.20 Å². The number of benzene rings is 2. The van der Waals surface area contributed by atoms with Gasteiger partial charge in [0, 0.05) is 23.5 Å². The summed E-state index contributed by atoms with van der Waals surface area (Å²) < 4.78 is 1.76. The van der Waals surface area contributed by atoms with E-state index in [1.807, 2.05) is 30.6 Å². The lowest BCUT2D eigenvalue weighted by Crippen LogP contribution is -1.97. The second-order valence-corrected chi connectivity index (χ2v) is 5.68. The summed E-state index contributed by atoms with van der Waals surface area (Å²) in [5.74, 6) is 0.911. The third-order valence-corrected chi connectivity index (χ3v) is 3.82. The van der Waals surface area contributed by atoms with Crippen molar-refractivity contribution < 1.29 is 5.11 Å². The van der Waals surface area contributed by atoms with E-state index in [9.17, 15) is 5.11 Å². The zero-order valence-corrected chi connectivity index (χ0v) is 13.1. The van der Waals surface area contributed by atoms with E-state index in [2.05, 4.69) is 40.5 Å². The van der Waals surface area contributed by atoms with Gasteiger partial charge >= 0.3 is 0 Å². The van der Waals surface area contributed by atoms with Crippen molar-refractivity contribution in [2.75, 3.05) is 5.32 Å². The van der Waals surface area contributed by atoms with Crippen LogP contribution in [-0.2, 0) is 0 Å². The highest BCUT2D eigenvalue weighted by Crippen LogP contribution is 2.26. The van der Waals surface area contributed by atoms with E-state index in [0.29, 0.717) is 5.82 Å². The third-order valence-electron chi connectivity index (χ3n) is 3.82. The van der Waals surface area contributed by atoms with Crippen LogP contribution in [-0.4, -0.2) is 19.7 Å². The van der Waals surface area contributed by atoms with Crippen LogP contribution in [0.15, 0.2) is 67.0 Å². The van der Waals surface area contributed by atoms with Gasteiger partial charge < -0.3 is 10.4 Å². The summed E-state index contributed by atoms with van der Waals surface area (Å²) in [5.41, 5.74) is 4.83. The highest BCUT2D eigenvalue weighted by Gasteiger charge is 2.09. The van der Waals surface area contributed by atoms with Crippen molar-refractivity contribution >= 4 is 17.2 Å². The molecule has 0 fully saturated rings. The van der Waals surface area contributed by atoms with Crippen LogP contribution in [0.25, 0.3) is 16.8 Å². The average molecular weight is 316 g/mol. The number of phenolic OH excluding ortho intramolecular Hbond substituents is 1. The second-order valence-electron chi connectivity index (χ2n) is 5.68. The Morgan fingerprint density at radius 3 is 2.75 bits per heavy atom. The normalized spacial score (nSPS) is 10.9. The maximum atomic E-state index is 9.57. The van der Waals surface area contributed by atoms with Crippen molar-refractivity contribution in [3.63, 3.8) is 0 Å². The first kappa shape index (κ1) is 14.3. The van der Waals surface area contributed by atoms with Crippen molar-refractivity contribution in [2.45, 2.75) is 6.92 Å². The van der Waals surface area contributed by atoms with Crippen LogP contribution >= 0.6 is 0 Å². The molecule has 0 atom stereocenters. The molecular formula is C19H16N4O. The number of hydrogen-bond donors (Lipinski definition) is 2. The second kappa shape index (κ2) is 5.70. The van der Waals surface area contributed by atoms with Gasteiger partial charge in [-0.05, 0) is 30.7 Å². The van der Waals surface area contributed by atoms with Crippen LogP contribution in [0, 0.1) is 6.92 Å². The number of nitrogens with zero attached hydrogens (tertiary/aromatic N) is 3. The molecule has 5 heteroatoms. The molecule has 4 aromatic rings. The van der Waals surface area contributed by atoms with Gasteiger partial charge in [0.2, 0.25) is 0 Å². The third kappa shape index (κ3) is 2.67. The first-order valence-electron chi connectivity index (χ1n) is 7.66. The van der Waals surface area contributed by atoms with Crippen molar-refractivity contribution in [3.05, 3.63) is 72.6 Å². The van der Waals surface area contributed by atoms with E-state index in [1.54, 1.807) is 22.7 Å². The SMILES string of the molecule is Cc1cccc(-c2cnn3ccc(Nc4cccc(O)c4)nc23)c1. The Morgan fingerprint density at radius 1 is 1.04 bits per heavy atom. The predicted octanol–water partition coefficient (Wildman–Crippen LogP) is 4.15. The molecule has 0 aliphatic carbocycles. The molecule has 24 heavy (non-hydrogen) atoms. The van der Waals surface area contributed by atoms with Crippen molar-refractivity contribution in [3.8, 4) is 16.9 Å². The van der Waals surface area contributed by atoms with E-state index >= 15 is 0 Å². The van der Waals surface area contributed by atoms with E-state index in [-0.39, 0.29) is 5.75 Å². The summed E-state index contributed by atoms with van der Waals surface area (Å²) in [6.07, 6.45) is 3.70. The fourth-order valence-electron chi connectivity index (χ4n) is 2.69. The zero-order valence-electron chi connectivity index (χ0n) is 13.1. The number of anilines is 2. The first-order valence-corrected chi connectivity index (χ1v) is 7.66. The van der Waals surface area contributed by atoms with Gasteiger partial charge in [-0.2, -0.15) is 5.10 Å². The molecule has 2 heterocycles. The van der Waals surface area contributed by atoms with Crippen molar-refractivity contribution in [1.29, 1.82) is 0 Å². The van der Waals surface area contributed by atoms with E-state index in [4.69, 9.17) is 0 Å². The quantitative estimate of drug-likeness (QED) is 0.596. The minimum Gasteiger partial charge on any atom is -0.508 e. The molecule has 0 spiro atoms. The van der Waals surface area contributed by atoms with Crippen LogP contribution in [0.4, 0.5) is 11.5 Å². The van der Waals surface area contributed by atoms with E-state index in [0.717, 1.165) is 22.5 Å². The summed E-state index contributed by atoms with van der Waals surface area (Å²) in [7, 11) is 0. The molecule has 5 nitrogen and oxygen atoms in total. The van der Waals surface area contributed by atoms with E-state index < -0.39 is 0 Å². The molecule has 0 unspecified atom stereocenters. The molecule has 2 aromatic carbocycles. The molecule has 0 amide bonds. The van der Waals surface area contributed by atoms with Gasteiger partial charge in [0.25, 0.3) is 0 Å². The summed E-state index contributed by atoms with van der Waals surface area (Å²) in [5, 5.41) is 17.2. The monoisotopic (exact) mass is 316 g/mol. The van der Waals surface area contributed by atoms with Crippen LogP contribution < -0.4 is 5.32 Å². The molecule has 0 radical (unpaired) electrons. The van der Waals surface area contributed by atoms with Crippen molar-refractivity contribution in [1.82, 2.24) is 14.6 Å². The Labute approximate surface area is 139 Å². The molecule has 2 N–H and O–H groups in total. The number of aryl methyl sites for hydroxylation is 1. The lowest BCUT2D eigenvalue weighted by Gasteiger charge is -2.07. The minimum absolute atomic E-state index is 0.214.